The highest BCUT2D eigenvalue weighted by Gasteiger charge is 2.04. The average Bonchev–Trinajstić information content (AvgIpc) is 2.47. The molecule has 82 valence electrons. The van der Waals surface area contributed by atoms with Gasteiger partial charge in [-0.1, -0.05) is 17.7 Å². The minimum atomic E-state index is -0.179. The van der Waals surface area contributed by atoms with E-state index in [9.17, 15) is 5.11 Å². The van der Waals surface area contributed by atoms with Crippen LogP contribution in [-0.2, 0) is 0 Å². The second-order valence-corrected chi connectivity index (χ2v) is 3.81. The summed E-state index contributed by atoms with van der Waals surface area (Å²) in [6.07, 6.45) is 8.44. The molecule has 0 bridgehead atoms. The SMILES string of the molecule is OC1=CC=CC(Oc2ccc(Cl)cc2)C=C1. The van der Waals surface area contributed by atoms with Crippen LogP contribution in [0.5, 0.6) is 5.75 Å². The van der Waals surface area contributed by atoms with Gasteiger partial charge in [-0.05, 0) is 48.6 Å². The molecule has 16 heavy (non-hydrogen) atoms. The van der Waals surface area contributed by atoms with Gasteiger partial charge in [-0.25, -0.2) is 0 Å². The average molecular weight is 235 g/mol. The third kappa shape index (κ3) is 2.91. The molecule has 2 nitrogen and oxygen atoms in total. The minimum Gasteiger partial charge on any atom is -0.508 e. The van der Waals surface area contributed by atoms with Crippen molar-refractivity contribution < 1.29 is 9.84 Å². The van der Waals surface area contributed by atoms with Crippen molar-refractivity contribution in [1.82, 2.24) is 0 Å². The number of hydrogen-bond acceptors (Lipinski definition) is 2. The Kier molecular flexibility index (Phi) is 3.32. The molecule has 0 fully saturated rings. The van der Waals surface area contributed by atoms with Gasteiger partial charge in [0.1, 0.15) is 17.6 Å². The highest BCUT2D eigenvalue weighted by Crippen LogP contribution is 2.18. The van der Waals surface area contributed by atoms with Crippen LogP contribution in [0.15, 0.2) is 60.4 Å². The Hall–Kier alpha value is -1.67. The molecule has 0 aromatic heterocycles. The number of allylic oxidation sites excluding steroid dienone is 3. The first-order valence-electron chi connectivity index (χ1n) is 4.92. The van der Waals surface area contributed by atoms with Crippen LogP contribution >= 0.6 is 11.6 Å². The van der Waals surface area contributed by atoms with Crippen LogP contribution in [0.3, 0.4) is 0 Å². The molecule has 0 aliphatic heterocycles. The standard InChI is InChI=1S/C13H11ClO2/c14-10-4-7-13(8-5-10)16-12-3-1-2-11(15)6-9-12/h1-9,12,15H. The summed E-state index contributed by atoms with van der Waals surface area (Å²) in [5.41, 5.74) is 0. The van der Waals surface area contributed by atoms with Crippen molar-refractivity contribution in [2.24, 2.45) is 0 Å². The van der Waals surface area contributed by atoms with E-state index in [0.717, 1.165) is 5.75 Å². The number of benzene rings is 1. The molecule has 1 N–H and O–H groups in total. The first-order chi connectivity index (χ1) is 7.74. The zero-order valence-electron chi connectivity index (χ0n) is 8.51. The van der Waals surface area contributed by atoms with E-state index in [0.29, 0.717) is 5.02 Å². The maximum Gasteiger partial charge on any atom is 0.136 e. The summed E-state index contributed by atoms with van der Waals surface area (Å²) in [7, 11) is 0. The first kappa shape index (κ1) is 10.8. The van der Waals surface area contributed by atoms with Gasteiger partial charge in [-0.3, -0.25) is 0 Å². The molecule has 0 heterocycles. The molecule has 0 saturated carbocycles. The van der Waals surface area contributed by atoms with Gasteiger partial charge < -0.3 is 9.84 Å². The van der Waals surface area contributed by atoms with Gasteiger partial charge in [-0.15, -0.1) is 0 Å². The Bertz CT molecular complexity index is 444. The third-order valence-corrected chi connectivity index (χ3v) is 2.36. The lowest BCUT2D eigenvalue weighted by atomic mass is 10.3. The maximum absolute atomic E-state index is 9.26. The lowest BCUT2D eigenvalue weighted by molar-refractivity contribution is 0.296. The molecular formula is C13H11ClO2. The highest BCUT2D eigenvalue weighted by molar-refractivity contribution is 6.30. The quantitative estimate of drug-likeness (QED) is 0.846. The maximum atomic E-state index is 9.26. The fourth-order valence-electron chi connectivity index (χ4n) is 1.33. The largest absolute Gasteiger partial charge is 0.508 e. The zero-order valence-corrected chi connectivity index (χ0v) is 9.26. The molecule has 1 aromatic rings. The van der Waals surface area contributed by atoms with Crippen molar-refractivity contribution in [2.75, 3.05) is 0 Å². The van der Waals surface area contributed by atoms with Crippen LogP contribution in [-0.4, -0.2) is 11.2 Å². The third-order valence-electron chi connectivity index (χ3n) is 2.11. The minimum absolute atomic E-state index is 0.179. The smallest absolute Gasteiger partial charge is 0.136 e. The fraction of sp³-hybridized carbons (Fsp3) is 0.0769. The van der Waals surface area contributed by atoms with Gasteiger partial charge in [0, 0.05) is 5.02 Å². The second kappa shape index (κ2) is 4.90. The molecule has 1 unspecified atom stereocenters. The molecule has 1 atom stereocenters. The van der Waals surface area contributed by atoms with Crippen LogP contribution in [0.4, 0.5) is 0 Å². The van der Waals surface area contributed by atoms with Crippen LogP contribution in [0, 0.1) is 0 Å². The summed E-state index contributed by atoms with van der Waals surface area (Å²) in [4.78, 5) is 0. The number of hydrogen-bond donors (Lipinski definition) is 1. The molecule has 3 heteroatoms. The van der Waals surface area contributed by atoms with Crippen molar-refractivity contribution in [3.8, 4) is 5.75 Å². The van der Waals surface area contributed by atoms with Gasteiger partial charge in [0.2, 0.25) is 0 Å². The molecule has 1 aliphatic rings. The summed E-state index contributed by atoms with van der Waals surface area (Å²) in [5.74, 6) is 0.962. The van der Waals surface area contributed by atoms with Crippen molar-refractivity contribution in [2.45, 2.75) is 6.10 Å². The fourth-order valence-corrected chi connectivity index (χ4v) is 1.45. The number of aliphatic hydroxyl groups is 1. The zero-order chi connectivity index (χ0) is 11.4. The van der Waals surface area contributed by atoms with Gasteiger partial charge in [0.05, 0.1) is 0 Å². The summed E-state index contributed by atoms with van der Waals surface area (Å²) >= 11 is 5.77. The molecule has 0 spiro atoms. The van der Waals surface area contributed by atoms with E-state index < -0.39 is 0 Å². The van der Waals surface area contributed by atoms with E-state index in [4.69, 9.17) is 16.3 Å². The van der Waals surface area contributed by atoms with Crippen LogP contribution in [0.1, 0.15) is 0 Å². The molecule has 0 radical (unpaired) electrons. The monoisotopic (exact) mass is 234 g/mol. The van der Waals surface area contributed by atoms with E-state index in [1.54, 1.807) is 36.4 Å². The second-order valence-electron chi connectivity index (χ2n) is 3.37. The van der Waals surface area contributed by atoms with E-state index in [2.05, 4.69) is 0 Å². The Morgan fingerprint density at radius 3 is 2.62 bits per heavy atom. The summed E-state index contributed by atoms with van der Waals surface area (Å²) in [6.45, 7) is 0. The number of halogens is 1. The van der Waals surface area contributed by atoms with E-state index >= 15 is 0 Å². The Morgan fingerprint density at radius 2 is 1.88 bits per heavy atom. The lowest BCUT2D eigenvalue weighted by Crippen LogP contribution is -2.09. The molecule has 0 amide bonds. The van der Waals surface area contributed by atoms with E-state index in [-0.39, 0.29) is 11.9 Å². The van der Waals surface area contributed by atoms with E-state index in [1.165, 1.54) is 0 Å². The van der Waals surface area contributed by atoms with Gasteiger partial charge in [0.15, 0.2) is 0 Å². The molecular weight excluding hydrogens is 224 g/mol. The lowest BCUT2D eigenvalue weighted by Gasteiger charge is -2.11. The van der Waals surface area contributed by atoms with Gasteiger partial charge in [0.25, 0.3) is 0 Å². The molecule has 2 rings (SSSR count). The predicted octanol–water partition coefficient (Wildman–Crippen LogP) is 3.66. The summed E-state index contributed by atoms with van der Waals surface area (Å²) in [6, 6.07) is 7.16. The first-order valence-corrected chi connectivity index (χ1v) is 5.30. The van der Waals surface area contributed by atoms with Crippen molar-refractivity contribution in [3.05, 3.63) is 65.4 Å². The molecule has 0 saturated heterocycles. The highest BCUT2D eigenvalue weighted by atomic mass is 35.5. The van der Waals surface area contributed by atoms with Crippen molar-refractivity contribution >= 4 is 11.6 Å². The Balaban J connectivity index is 2.06. The Labute approximate surface area is 99.1 Å². The number of ether oxygens (including phenoxy) is 1. The van der Waals surface area contributed by atoms with Crippen LogP contribution < -0.4 is 4.74 Å². The van der Waals surface area contributed by atoms with Crippen LogP contribution in [0.2, 0.25) is 5.02 Å². The topological polar surface area (TPSA) is 29.5 Å². The summed E-state index contributed by atoms with van der Waals surface area (Å²) < 4.78 is 5.66. The van der Waals surface area contributed by atoms with Crippen LogP contribution in [0.25, 0.3) is 0 Å². The van der Waals surface area contributed by atoms with Gasteiger partial charge in [-0.2, -0.15) is 0 Å². The normalized spacial score (nSPS) is 19.1. The molecule has 1 aliphatic carbocycles. The summed E-state index contributed by atoms with van der Waals surface area (Å²) in [5, 5.41) is 9.94. The van der Waals surface area contributed by atoms with Crippen molar-refractivity contribution in [3.63, 3.8) is 0 Å². The van der Waals surface area contributed by atoms with E-state index in [1.807, 2.05) is 18.2 Å². The number of rotatable bonds is 2. The Morgan fingerprint density at radius 1 is 1.12 bits per heavy atom. The van der Waals surface area contributed by atoms with Crippen molar-refractivity contribution in [1.29, 1.82) is 0 Å². The predicted molar refractivity (Wildman–Crippen MR) is 64.9 cm³/mol. The van der Waals surface area contributed by atoms with Gasteiger partial charge >= 0.3 is 0 Å². The molecule has 1 aromatic carbocycles. The number of aliphatic hydroxyl groups excluding tert-OH is 1.